The quantitative estimate of drug-likeness (QED) is 0.831. The molecule has 1 saturated carbocycles. The van der Waals surface area contributed by atoms with Crippen LogP contribution in [0.3, 0.4) is 0 Å². The number of hydrogen-bond acceptors (Lipinski definition) is 2. The molecule has 19 heavy (non-hydrogen) atoms. The lowest BCUT2D eigenvalue weighted by molar-refractivity contribution is -0.136. The number of likely N-dealkylation sites (tertiary alicyclic amines) is 1. The van der Waals surface area contributed by atoms with Gasteiger partial charge in [0.2, 0.25) is 5.91 Å². The third-order valence-electron chi connectivity index (χ3n) is 5.72. The number of nitrogens with one attached hydrogen (secondary N) is 1. The van der Waals surface area contributed by atoms with Gasteiger partial charge in [-0.25, -0.2) is 0 Å². The fraction of sp³-hybridized carbons (Fsp3) is 0.938. The molecule has 0 aromatic carbocycles. The number of rotatable bonds is 2. The van der Waals surface area contributed by atoms with Gasteiger partial charge in [-0.05, 0) is 57.0 Å². The zero-order chi connectivity index (χ0) is 13.3. The maximum atomic E-state index is 12.9. The summed E-state index contributed by atoms with van der Waals surface area (Å²) in [5, 5.41) is 3.42. The van der Waals surface area contributed by atoms with Crippen LogP contribution in [-0.2, 0) is 4.79 Å². The van der Waals surface area contributed by atoms with Crippen LogP contribution < -0.4 is 5.32 Å². The topological polar surface area (TPSA) is 32.3 Å². The van der Waals surface area contributed by atoms with Crippen molar-refractivity contribution in [1.82, 2.24) is 10.2 Å². The number of amides is 1. The van der Waals surface area contributed by atoms with Crippen molar-refractivity contribution in [3.63, 3.8) is 0 Å². The number of carbonyl (C=O) groups excluding carboxylic acids is 1. The van der Waals surface area contributed by atoms with Crippen LogP contribution in [0.4, 0.5) is 0 Å². The Morgan fingerprint density at radius 3 is 2.79 bits per heavy atom. The van der Waals surface area contributed by atoms with E-state index in [1.54, 1.807) is 0 Å². The molecule has 108 valence electrons. The van der Waals surface area contributed by atoms with Crippen molar-refractivity contribution in [2.45, 2.75) is 64.3 Å². The summed E-state index contributed by atoms with van der Waals surface area (Å²) in [6.45, 7) is 5.48. The van der Waals surface area contributed by atoms with Crippen molar-refractivity contribution in [2.24, 2.45) is 11.3 Å². The molecule has 3 rings (SSSR count). The van der Waals surface area contributed by atoms with E-state index in [-0.39, 0.29) is 0 Å². The summed E-state index contributed by atoms with van der Waals surface area (Å²) in [5.41, 5.74) is 0.396. The maximum Gasteiger partial charge on any atom is 0.226 e. The fourth-order valence-electron chi connectivity index (χ4n) is 4.27. The van der Waals surface area contributed by atoms with E-state index in [4.69, 9.17) is 0 Å². The summed E-state index contributed by atoms with van der Waals surface area (Å²) in [7, 11) is 0. The first-order valence-corrected chi connectivity index (χ1v) is 8.28. The standard InChI is InChI=1S/C16H28N2O/c1-2-13-6-4-3-5-11-18(13)15(19)14-12-16(14)7-9-17-10-8-16/h13-14,17H,2-12H2,1H3. The normalized spacial score (nSPS) is 34.1. The lowest BCUT2D eigenvalue weighted by Crippen LogP contribution is -2.42. The molecule has 3 fully saturated rings. The number of piperidine rings is 1. The Labute approximate surface area is 117 Å². The Bertz CT molecular complexity index is 336. The molecule has 1 spiro atoms. The van der Waals surface area contributed by atoms with Crippen LogP contribution in [0, 0.1) is 11.3 Å². The summed E-state index contributed by atoms with van der Waals surface area (Å²) in [6, 6.07) is 0.523. The Balaban J connectivity index is 1.66. The zero-order valence-corrected chi connectivity index (χ0v) is 12.3. The third-order valence-corrected chi connectivity index (χ3v) is 5.72. The maximum absolute atomic E-state index is 12.9. The molecule has 1 amide bonds. The number of carbonyl (C=O) groups is 1. The average molecular weight is 264 g/mol. The molecule has 0 aromatic rings. The predicted octanol–water partition coefficient (Wildman–Crippen LogP) is 2.56. The van der Waals surface area contributed by atoms with Crippen LogP contribution in [0.1, 0.15) is 58.3 Å². The van der Waals surface area contributed by atoms with Crippen molar-refractivity contribution >= 4 is 5.91 Å². The lowest BCUT2D eigenvalue weighted by atomic mass is 9.91. The van der Waals surface area contributed by atoms with Crippen LogP contribution in [0.2, 0.25) is 0 Å². The first-order valence-electron chi connectivity index (χ1n) is 8.28. The van der Waals surface area contributed by atoms with Crippen molar-refractivity contribution in [3.05, 3.63) is 0 Å². The van der Waals surface area contributed by atoms with Gasteiger partial charge in [0.15, 0.2) is 0 Å². The highest BCUT2D eigenvalue weighted by molar-refractivity contribution is 5.83. The highest BCUT2D eigenvalue weighted by Gasteiger charge is 2.58. The third kappa shape index (κ3) is 2.54. The van der Waals surface area contributed by atoms with E-state index in [2.05, 4.69) is 17.1 Å². The molecule has 0 radical (unpaired) electrons. The zero-order valence-electron chi connectivity index (χ0n) is 12.3. The molecule has 3 nitrogen and oxygen atoms in total. The Morgan fingerprint density at radius 2 is 2.05 bits per heavy atom. The van der Waals surface area contributed by atoms with Gasteiger partial charge < -0.3 is 10.2 Å². The van der Waals surface area contributed by atoms with E-state index < -0.39 is 0 Å². The number of nitrogens with zero attached hydrogens (tertiary/aromatic N) is 1. The van der Waals surface area contributed by atoms with Gasteiger partial charge in [0.1, 0.15) is 0 Å². The molecular formula is C16H28N2O. The second-order valence-electron chi connectivity index (χ2n) is 6.81. The molecule has 2 unspecified atom stereocenters. The minimum atomic E-state index is 0.363. The summed E-state index contributed by atoms with van der Waals surface area (Å²) in [4.78, 5) is 15.1. The summed E-state index contributed by atoms with van der Waals surface area (Å²) >= 11 is 0. The molecule has 2 aliphatic heterocycles. The summed E-state index contributed by atoms with van der Waals surface area (Å²) in [5.74, 6) is 0.859. The van der Waals surface area contributed by atoms with Crippen LogP contribution in [0.15, 0.2) is 0 Å². The van der Waals surface area contributed by atoms with Crippen LogP contribution in [0.5, 0.6) is 0 Å². The second kappa shape index (κ2) is 5.43. The van der Waals surface area contributed by atoms with Gasteiger partial charge in [0.25, 0.3) is 0 Å². The molecule has 0 bridgehead atoms. The second-order valence-corrected chi connectivity index (χ2v) is 6.81. The molecule has 1 aliphatic carbocycles. The minimum Gasteiger partial charge on any atom is -0.339 e. The molecular weight excluding hydrogens is 236 g/mol. The highest BCUT2D eigenvalue weighted by Crippen LogP contribution is 2.59. The van der Waals surface area contributed by atoms with Gasteiger partial charge in [-0.1, -0.05) is 19.8 Å². The van der Waals surface area contributed by atoms with Crippen molar-refractivity contribution in [2.75, 3.05) is 19.6 Å². The van der Waals surface area contributed by atoms with Crippen molar-refractivity contribution in [3.8, 4) is 0 Å². The van der Waals surface area contributed by atoms with Crippen LogP contribution in [-0.4, -0.2) is 36.5 Å². The van der Waals surface area contributed by atoms with Crippen molar-refractivity contribution in [1.29, 1.82) is 0 Å². The molecule has 3 aliphatic rings. The SMILES string of the molecule is CCC1CCCCCN1C(=O)C1CC12CCNCC2. The van der Waals surface area contributed by atoms with Gasteiger partial charge in [-0.15, -0.1) is 0 Å². The number of hydrogen-bond donors (Lipinski definition) is 1. The summed E-state index contributed by atoms with van der Waals surface area (Å²) < 4.78 is 0. The van der Waals surface area contributed by atoms with E-state index in [0.29, 0.717) is 23.3 Å². The van der Waals surface area contributed by atoms with Gasteiger partial charge in [-0.2, -0.15) is 0 Å². The monoisotopic (exact) mass is 264 g/mol. The van der Waals surface area contributed by atoms with Crippen LogP contribution in [0.25, 0.3) is 0 Å². The lowest BCUT2D eigenvalue weighted by Gasteiger charge is -2.31. The Hall–Kier alpha value is -0.570. The van der Waals surface area contributed by atoms with E-state index in [1.165, 1.54) is 44.9 Å². The molecule has 2 saturated heterocycles. The van der Waals surface area contributed by atoms with Gasteiger partial charge in [0, 0.05) is 18.5 Å². The predicted molar refractivity (Wildman–Crippen MR) is 76.9 cm³/mol. The molecule has 1 N–H and O–H groups in total. The molecule has 2 atom stereocenters. The van der Waals surface area contributed by atoms with E-state index in [9.17, 15) is 4.79 Å². The van der Waals surface area contributed by atoms with E-state index in [1.807, 2.05) is 0 Å². The smallest absolute Gasteiger partial charge is 0.226 e. The average Bonchev–Trinajstić information content (AvgIpc) is 3.18. The largest absolute Gasteiger partial charge is 0.339 e. The van der Waals surface area contributed by atoms with Gasteiger partial charge >= 0.3 is 0 Å². The van der Waals surface area contributed by atoms with E-state index >= 15 is 0 Å². The van der Waals surface area contributed by atoms with Gasteiger partial charge in [0.05, 0.1) is 0 Å². The van der Waals surface area contributed by atoms with Gasteiger partial charge in [-0.3, -0.25) is 4.79 Å². The van der Waals surface area contributed by atoms with Crippen molar-refractivity contribution < 1.29 is 4.79 Å². The first kappa shape index (κ1) is 13.4. The highest BCUT2D eigenvalue weighted by atomic mass is 16.2. The Kier molecular flexibility index (Phi) is 3.84. The first-order chi connectivity index (χ1) is 9.27. The summed E-state index contributed by atoms with van der Waals surface area (Å²) in [6.07, 6.45) is 9.78. The Morgan fingerprint density at radius 1 is 1.26 bits per heavy atom. The minimum absolute atomic E-state index is 0.363. The molecule has 3 heteroatoms. The fourth-order valence-corrected chi connectivity index (χ4v) is 4.27. The molecule has 2 heterocycles. The van der Waals surface area contributed by atoms with Crippen LogP contribution >= 0.6 is 0 Å². The molecule has 0 aromatic heterocycles. The van der Waals surface area contributed by atoms with E-state index in [0.717, 1.165) is 26.1 Å².